The van der Waals surface area contributed by atoms with Crippen LogP contribution in [0.2, 0.25) is 0 Å². The van der Waals surface area contributed by atoms with E-state index in [9.17, 15) is 4.79 Å². The normalized spacial score (nSPS) is 18.5. The molecule has 1 aliphatic rings. The van der Waals surface area contributed by atoms with Crippen molar-refractivity contribution in [3.63, 3.8) is 0 Å². The number of carbonyl (C=O) groups excluding carboxylic acids is 1. The highest BCUT2D eigenvalue weighted by atomic mass is 16.1. The number of imidazole rings is 1. The lowest BCUT2D eigenvalue weighted by molar-refractivity contribution is 0.111. The van der Waals surface area contributed by atoms with Crippen LogP contribution >= 0.6 is 0 Å². The Morgan fingerprint density at radius 1 is 1.36 bits per heavy atom. The fourth-order valence-electron chi connectivity index (χ4n) is 2.75. The smallest absolute Gasteiger partial charge is 0.170 e. The summed E-state index contributed by atoms with van der Waals surface area (Å²) in [6.07, 6.45) is 10.0. The predicted octanol–water partition coefficient (Wildman–Crippen LogP) is 3.83. The lowest BCUT2D eigenvalue weighted by atomic mass is 9.85. The molecular weight excluding hydrogens is 274 g/mol. The number of hydrogen-bond donors (Lipinski definition) is 0. The maximum absolute atomic E-state index is 11.0. The quantitative estimate of drug-likeness (QED) is 0.791. The van der Waals surface area contributed by atoms with Gasteiger partial charge in [-0.3, -0.25) is 4.79 Å². The van der Waals surface area contributed by atoms with Crippen molar-refractivity contribution < 1.29 is 4.79 Å². The van der Waals surface area contributed by atoms with Crippen molar-refractivity contribution in [1.29, 1.82) is 0 Å². The van der Waals surface area contributed by atoms with Gasteiger partial charge >= 0.3 is 0 Å². The lowest BCUT2D eigenvalue weighted by Crippen LogP contribution is -2.16. The van der Waals surface area contributed by atoms with E-state index in [-0.39, 0.29) is 11.3 Å². The van der Waals surface area contributed by atoms with Gasteiger partial charge in [0.15, 0.2) is 11.9 Å². The minimum absolute atomic E-state index is 0.0609. The number of fused-ring (bicyclic) bond motifs is 1. The van der Waals surface area contributed by atoms with Crippen LogP contribution in [0.25, 0.3) is 5.65 Å². The van der Waals surface area contributed by atoms with Crippen LogP contribution in [-0.2, 0) is 5.41 Å². The Bertz CT molecular complexity index is 791. The Morgan fingerprint density at radius 2 is 2.14 bits per heavy atom. The minimum atomic E-state index is -0.0609. The summed E-state index contributed by atoms with van der Waals surface area (Å²) in [7, 11) is 0. The van der Waals surface area contributed by atoms with Crippen molar-refractivity contribution in [2.24, 2.45) is 0 Å². The number of nitrogens with zero attached hydrogens (tertiary/aromatic N) is 3. The molecule has 114 valence electrons. The van der Waals surface area contributed by atoms with Crippen molar-refractivity contribution in [3.05, 3.63) is 53.0 Å². The van der Waals surface area contributed by atoms with Gasteiger partial charge in [-0.2, -0.15) is 5.10 Å². The zero-order valence-electron chi connectivity index (χ0n) is 13.5. The van der Waals surface area contributed by atoms with Crippen LogP contribution in [0.5, 0.6) is 0 Å². The van der Waals surface area contributed by atoms with Crippen LogP contribution in [0, 0.1) is 0 Å². The molecule has 0 aromatic carbocycles. The van der Waals surface area contributed by atoms with Gasteiger partial charge in [-0.25, -0.2) is 9.50 Å². The molecule has 0 aliphatic heterocycles. The summed E-state index contributed by atoms with van der Waals surface area (Å²) in [5.41, 5.74) is 4.56. The molecule has 2 heterocycles. The molecule has 0 spiro atoms. The molecule has 0 saturated carbocycles. The first kappa shape index (κ1) is 14.7. The van der Waals surface area contributed by atoms with Gasteiger partial charge in [-0.05, 0) is 24.8 Å². The van der Waals surface area contributed by atoms with E-state index in [1.807, 2.05) is 0 Å². The van der Waals surface area contributed by atoms with Gasteiger partial charge < -0.3 is 0 Å². The van der Waals surface area contributed by atoms with E-state index in [2.05, 4.69) is 62.1 Å². The highest BCUT2D eigenvalue weighted by molar-refractivity contribution is 5.73. The molecule has 1 aliphatic carbocycles. The fourth-order valence-corrected chi connectivity index (χ4v) is 2.75. The number of aromatic nitrogens is 3. The lowest BCUT2D eigenvalue weighted by Gasteiger charge is -2.22. The van der Waals surface area contributed by atoms with Crippen LogP contribution in [-0.4, -0.2) is 20.9 Å². The summed E-state index contributed by atoms with van der Waals surface area (Å²) in [5.74, 6) is 0.274. The van der Waals surface area contributed by atoms with Gasteiger partial charge in [-0.15, -0.1) is 0 Å². The van der Waals surface area contributed by atoms with Crippen molar-refractivity contribution in [3.8, 4) is 0 Å². The third-order valence-corrected chi connectivity index (χ3v) is 4.06. The molecule has 0 saturated heterocycles. The van der Waals surface area contributed by atoms with Gasteiger partial charge in [0, 0.05) is 11.5 Å². The highest BCUT2D eigenvalue weighted by Crippen LogP contribution is 2.31. The number of rotatable bonds is 2. The van der Waals surface area contributed by atoms with Crippen molar-refractivity contribution in [2.45, 2.75) is 45.4 Å². The molecule has 4 nitrogen and oxygen atoms in total. The Hall–Kier alpha value is -2.23. The molecule has 0 fully saturated rings. The molecule has 0 bridgehead atoms. The minimum Gasteiger partial charge on any atom is -0.296 e. The topological polar surface area (TPSA) is 47.3 Å². The monoisotopic (exact) mass is 295 g/mol. The maximum atomic E-state index is 11.0. The summed E-state index contributed by atoms with van der Waals surface area (Å²) in [4.78, 5) is 15.4. The van der Waals surface area contributed by atoms with Crippen LogP contribution in [0.4, 0.5) is 0 Å². The SMILES string of the molecule is CC1=CCC(c2cc(C(C)(C)C)c3nc(C=O)cn3n2)C=C1. The first-order chi connectivity index (χ1) is 10.4. The standard InChI is InChI=1S/C18H21N3O/c1-12-5-7-13(8-6-12)16-9-15(18(2,3)4)17-19-14(11-22)10-21(17)20-16/h5-7,9-11,13H,8H2,1-4H3. The Kier molecular flexibility index (Phi) is 3.47. The number of aldehydes is 1. The van der Waals surface area contributed by atoms with Gasteiger partial charge in [0.25, 0.3) is 0 Å². The van der Waals surface area contributed by atoms with E-state index in [4.69, 9.17) is 0 Å². The first-order valence-corrected chi connectivity index (χ1v) is 7.59. The Labute approximate surface area is 130 Å². The predicted molar refractivity (Wildman–Crippen MR) is 87.3 cm³/mol. The molecule has 22 heavy (non-hydrogen) atoms. The average Bonchev–Trinajstić information content (AvgIpc) is 2.88. The summed E-state index contributed by atoms with van der Waals surface area (Å²) in [5, 5.41) is 4.68. The summed E-state index contributed by atoms with van der Waals surface area (Å²) in [6, 6.07) is 2.14. The molecule has 1 unspecified atom stereocenters. The van der Waals surface area contributed by atoms with E-state index < -0.39 is 0 Å². The Morgan fingerprint density at radius 3 is 2.73 bits per heavy atom. The van der Waals surface area contributed by atoms with E-state index in [1.54, 1.807) is 10.7 Å². The first-order valence-electron chi connectivity index (χ1n) is 7.59. The third kappa shape index (κ3) is 2.61. The van der Waals surface area contributed by atoms with Gasteiger partial charge in [0.2, 0.25) is 0 Å². The van der Waals surface area contributed by atoms with E-state index in [0.29, 0.717) is 5.69 Å². The second-order valence-electron chi connectivity index (χ2n) is 6.93. The van der Waals surface area contributed by atoms with Crippen molar-refractivity contribution in [2.75, 3.05) is 0 Å². The molecule has 0 N–H and O–H groups in total. The van der Waals surface area contributed by atoms with Gasteiger partial charge in [-0.1, -0.05) is 44.6 Å². The zero-order chi connectivity index (χ0) is 15.9. The fraction of sp³-hybridized carbons (Fsp3) is 0.389. The van der Waals surface area contributed by atoms with Crippen molar-refractivity contribution >= 4 is 11.9 Å². The average molecular weight is 295 g/mol. The van der Waals surface area contributed by atoms with Gasteiger partial charge in [0.05, 0.1) is 11.9 Å². The van der Waals surface area contributed by atoms with Crippen LogP contribution in [0.3, 0.4) is 0 Å². The molecular formula is C18H21N3O. The number of allylic oxidation sites excluding steroid dienone is 4. The molecule has 0 radical (unpaired) electrons. The highest BCUT2D eigenvalue weighted by Gasteiger charge is 2.23. The van der Waals surface area contributed by atoms with E-state index in [0.717, 1.165) is 29.6 Å². The largest absolute Gasteiger partial charge is 0.296 e. The Balaban J connectivity index is 2.16. The molecule has 2 aromatic heterocycles. The molecule has 1 atom stereocenters. The van der Waals surface area contributed by atoms with Crippen molar-refractivity contribution in [1.82, 2.24) is 14.6 Å². The molecule has 3 rings (SSSR count). The van der Waals surface area contributed by atoms with E-state index >= 15 is 0 Å². The molecule has 0 amide bonds. The zero-order valence-corrected chi connectivity index (χ0v) is 13.5. The molecule has 4 heteroatoms. The van der Waals surface area contributed by atoms with Gasteiger partial charge in [0.1, 0.15) is 5.69 Å². The number of carbonyl (C=O) groups is 1. The van der Waals surface area contributed by atoms with Crippen LogP contribution in [0.15, 0.2) is 36.1 Å². The maximum Gasteiger partial charge on any atom is 0.170 e. The second kappa shape index (κ2) is 5.20. The third-order valence-electron chi connectivity index (χ3n) is 4.06. The number of hydrogen-bond acceptors (Lipinski definition) is 3. The second-order valence-corrected chi connectivity index (χ2v) is 6.93. The van der Waals surface area contributed by atoms with Crippen LogP contribution in [0.1, 0.15) is 61.8 Å². The summed E-state index contributed by atoms with van der Waals surface area (Å²) in [6.45, 7) is 8.57. The van der Waals surface area contributed by atoms with E-state index in [1.165, 1.54) is 5.57 Å². The summed E-state index contributed by atoms with van der Waals surface area (Å²) >= 11 is 0. The summed E-state index contributed by atoms with van der Waals surface area (Å²) < 4.78 is 1.75. The van der Waals surface area contributed by atoms with Crippen LogP contribution < -0.4 is 0 Å². The molecule has 2 aromatic rings.